The van der Waals surface area contributed by atoms with Crippen LogP contribution in [0.5, 0.6) is 0 Å². The first kappa shape index (κ1) is 7.60. The highest BCUT2D eigenvalue weighted by atomic mass is 16.5. The van der Waals surface area contributed by atoms with E-state index in [0.717, 1.165) is 12.5 Å². The Labute approximate surface area is 69.1 Å². The molecule has 0 aromatic heterocycles. The van der Waals surface area contributed by atoms with Crippen molar-refractivity contribution in [1.29, 1.82) is 0 Å². The molecular formula is C10H18O. The van der Waals surface area contributed by atoms with Crippen molar-refractivity contribution >= 4 is 0 Å². The van der Waals surface area contributed by atoms with E-state index in [0.29, 0.717) is 5.41 Å². The molecule has 1 heteroatoms. The van der Waals surface area contributed by atoms with Gasteiger partial charge in [0.15, 0.2) is 0 Å². The summed E-state index contributed by atoms with van der Waals surface area (Å²) >= 11 is 0. The third-order valence-electron chi connectivity index (χ3n) is 3.75. The minimum Gasteiger partial charge on any atom is -0.374 e. The normalized spacial score (nSPS) is 56.5. The lowest BCUT2D eigenvalue weighted by Crippen LogP contribution is -2.36. The molecule has 0 aromatic carbocycles. The number of fused-ring (bicyclic) bond motifs is 2. The monoisotopic (exact) mass is 154 g/mol. The first-order chi connectivity index (χ1) is 5.04. The van der Waals surface area contributed by atoms with Gasteiger partial charge in [-0.3, -0.25) is 0 Å². The Balaban J connectivity index is 2.23. The van der Waals surface area contributed by atoms with Gasteiger partial charge in [-0.1, -0.05) is 13.8 Å². The van der Waals surface area contributed by atoms with Crippen LogP contribution in [0.4, 0.5) is 0 Å². The molecule has 1 aliphatic heterocycles. The molecule has 1 aliphatic carbocycles. The number of ether oxygens (including phenoxy) is 1. The highest BCUT2D eigenvalue weighted by Gasteiger charge is 2.50. The first-order valence-corrected chi connectivity index (χ1v) is 4.68. The van der Waals surface area contributed by atoms with Crippen LogP contribution in [0.25, 0.3) is 0 Å². The predicted octanol–water partition coefficient (Wildman–Crippen LogP) is 2.60. The quantitative estimate of drug-likeness (QED) is 0.521. The maximum atomic E-state index is 5.88. The van der Waals surface area contributed by atoms with Crippen LogP contribution in [0.3, 0.4) is 0 Å². The summed E-state index contributed by atoms with van der Waals surface area (Å²) in [5, 5.41) is 0. The molecule has 3 atom stereocenters. The van der Waals surface area contributed by atoms with Crippen LogP contribution in [0.1, 0.15) is 40.0 Å². The van der Waals surface area contributed by atoms with Crippen molar-refractivity contribution in [3.05, 3.63) is 0 Å². The zero-order valence-electron chi connectivity index (χ0n) is 7.81. The van der Waals surface area contributed by atoms with Gasteiger partial charge in [-0.15, -0.1) is 0 Å². The average Bonchev–Trinajstić information content (AvgIpc) is 2.20. The van der Waals surface area contributed by atoms with Crippen molar-refractivity contribution in [2.75, 3.05) is 6.61 Å². The van der Waals surface area contributed by atoms with Crippen LogP contribution in [0.2, 0.25) is 0 Å². The molecule has 2 bridgehead atoms. The lowest BCUT2D eigenvalue weighted by Gasteiger charge is -2.37. The van der Waals surface area contributed by atoms with Gasteiger partial charge in [0.25, 0.3) is 0 Å². The maximum absolute atomic E-state index is 5.88. The Morgan fingerprint density at radius 1 is 1.36 bits per heavy atom. The van der Waals surface area contributed by atoms with Crippen LogP contribution < -0.4 is 0 Å². The third-order valence-corrected chi connectivity index (χ3v) is 3.75. The van der Waals surface area contributed by atoms with Crippen molar-refractivity contribution in [3.63, 3.8) is 0 Å². The Morgan fingerprint density at radius 2 is 2.09 bits per heavy atom. The van der Waals surface area contributed by atoms with Crippen molar-refractivity contribution in [2.24, 2.45) is 11.3 Å². The van der Waals surface area contributed by atoms with Crippen LogP contribution in [0.15, 0.2) is 0 Å². The van der Waals surface area contributed by atoms with E-state index in [9.17, 15) is 0 Å². The van der Waals surface area contributed by atoms with Gasteiger partial charge in [0.1, 0.15) is 0 Å². The molecule has 1 nitrogen and oxygen atoms in total. The molecule has 2 fully saturated rings. The van der Waals surface area contributed by atoms with Crippen molar-refractivity contribution in [1.82, 2.24) is 0 Å². The second-order valence-corrected chi connectivity index (χ2v) is 5.03. The summed E-state index contributed by atoms with van der Waals surface area (Å²) in [7, 11) is 0. The fourth-order valence-electron chi connectivity index (χ4n) is 2.64. The molecule has 0 N–H and O–H groups in total. The molecule has 0 spiro atoms. The van der Waals surface area contributed by atoms with Gasteiger partial charge in [0.05, 0.1) is 12.2 Å². The highest BCUT2D eigenvalue weighted by molar-refractivity contribution is 4.99. The van der Waals surface area contributed by atoms with E-state index in [4.69, 9.17) is 4.74 Å². The summed E-state index contributed by atoms with van der Waals surface area (Å²) in [5.41, 5.74) is 0.730. The first-order valence-electron chi connectivity index (χ1n) is 4.68. The van der Waals surface area contributed by atoms with E-state index in [2.05, 4.69) is 20.8 Å². The fourth-order valence-corrected chi connectivity index (χ4v) is 2.64. The number of hydrogen-bond acceptors (Lipinski definition) is 1. The number of rotatable bonds is 0. The molecule has 2 rings (SSSR count). The van der Waals surface area contributed by atoms with Crippen molar-refractivity contribution < 1.29 is 4.74 Å². The standard InChI is InChI=1S/C10H18O/c1-8-4-5-9(2)6-10(8,3)11-7-9/h8H,4-7H2,1-3H3/t8?,9-,10?/m0/s1. The zero-order chi connectivity index (χ0) is 8.11. The zero-order valence-corrected chi connectivity index (χ0v) is 7.81. The largest absolute Gasteiger partial charge is 0.374 e. The Morgan fingerprint density at radius 3 is 2.73 bits per heavy atom. The van der Waals surface area contributed by atoms with Gasteiger partial charge in [-0.2, -0.15) is 0 Å². The number of hydrogen-bond donors (Lipinski definition) is 0. The Bertz CT molecular complexity index is 174. The van der Waals surface area contributed by atoms with E-state index in [-0.39, 0.29) is 5.60 Å². The maximum Gasteiger partial charge on any atom is 0.0686 e. The molecule has 0 amide bonds. The topological polar surface area (TPSA) is 9.23 Å². The van der Waals surface area contributed by atoms with E-state index in [1.165, 1.54) is 19.3 Å². The second kappa shape index (κ2) is 2.01. The summed E-state index contributed by atoms with van der Waals surface area (Å²) in [4.78, 5) is 0. The molecule has 2 aliphatic rings. The van der Waals surface area contributed by atoms with Gasteiger partial charge < -0.3 is 4.74 Å². The summed E-state index contributed by atoms with van der Waals surface area (Å²) in [6, 6.07) is 0. The highest BCUT2D eigenvalue weighted by Crippen LogP contribution is 2.51. The Hall–Kier alpha value is -0.0400. The molecule has 64 valence electrons. The fraction of sp³-hybridized carbons (Fsp3) is 1.00. The average molecular weight is 154 g/mol. The van der Waals surface area contributed by atoms with Gasteiger partial charge in [-0.05, 0) is 37.5 Å². The van der Waals surface area contributed by atoms with Crippen molar-refractivity contribution in [2.45, 2.75) is 45.6 Å². The van der Waals surface area contributed by atoms with Crippen LogP contribution >= 0.6 is 0 Å². The van der Waals surface area contributed by atoms with E-state index in [1.54, 1.807) is 0 Å². The molecular weight excluding hydrogens is 136 g/mol. The SMILES string of the molecule is CC1CC[C@]2(C)COC1(C)C2. The van der Waals surface area contributed by atoms with Crippen molar-refractivity contribution in [3.8, 4) is 0 Å². The Kier molecular flexibility index (Phi) is 1.39. The van der Waals surface area contributed by atoms with E-state index < -0.39 is 0 Å². The van der Waals surface area contributed by atoms with Gasteiger partial charge >= 0.3 is 0 Å². The molecule has 11 heavy (non-hydrogen) atoms. The second-order valence-electron chi connectivity index (χ2n) is 5.03. The predicted molar refractivity (Wildman–Crippen MR) is 45.5 cm³/mol. The molecule has 0 aromatic rings. The minimum absolute atomic E-state index is 0.215. The minimum atomic E-state index is 0.215. The molecule has 2 unspecified atom stereocenters. The van der Waals surface area contributed by atoms with Gasteiger partial charge in [-0.25, -0.2) is 0 Å². The van der Waals surface area contributed by atoms with Crippen LogP contribution in [-0.2, 0) is 4.74 Å². The molecule has 0 radical (unpaired) electrons. The molecule has 1 saturated carbocycles. The smallest absolute Gasteiger partial charge is 0.0686 e. The summed E-state index contributed by atoms with van der Waals surface area (Å²) in [5.74, 6) is 0.762. The summed E-state index contributed by atoms with van der Waals surface area (Å²) in [6.07, 6.45) is 4.00. The molecule has 1 saturated heterocycles. The van der Waals surface area contributed by atoms with Gasteiger partial charge in [0.2, 0.25) is 0 Å². The summed E-state index contributed by atoms with van der Waals surface area (Å²) < 4.78 is 5.88. The van der Waals surface area contributed by atoms with E-state index >= 15 is 0 Å². The van der Waals surface area contributed by atoms with Gasteiger partial charge in [0, 0.05) is 0 Å². The van der Waals surface area contributed by atoms with E-state index in [1.807, 2.05) is 0 Å². The molecule has 1 heterocycles. The lowest BCUT2D eigenvalue weighted by molar-refractivity contribution is -0.0232. The lowest BCUT2D eigenvalue weighted by atomic mass is 9.68. The third kappa shape index (κ3) is 1.01. The van der Waals surface area contributed by atoms with Crippen LogP contribution in [0, 0.1) is 11.3 Å². The van der Waals surface area contributed by atoms with Crippen LogP contribution in [-0.4, -0.2) is 12.2 Å². The summed E-state index contributed by atoms with van der Waals surface area (Å²) in [6.45, 7) is 7.96.